The Morgan fingerprint density at radius 1 is 1.60 bits per heavy atom. The summed E-state index contributed by atoms with van der Waals surface area (Å²) in [5, 5.41) is 13.7. The molecule has 2 rings (SSSR count). The summed E-state index contributed by atoms with van der Waals surface area (Å²) in [6.45, 7) is 7.36. The third-order valence-corrected chi connectivity index (χ3v) is 4.18. The quantitative estimate of drug-likeness (QED) is 0.697. The molecular formula is C14H24N2O4. The van der Waals surface area contributed by atoms with Gasteiger partial charge < -0.3 is 20.1 Å². The van der Waals surface area contributed by atoms with Crippen molar-refractivity contribution in [2.24, 2.45) is 11.3 Å². The highest BCUT2D eigenvalue weighted by Gasteiger charge is 2.53. The Hall–Kier alpha value is -1.14. The minimum Gasteiger partial charge on any atom is -0.466 e. The maximum absolute atomic E-state index is 12.4. The molecule has 0 bridgehead atoms. The fourth-order valence-corrected chi connectivity index (χ4v) is 3.09. The molecule has 1 amide bonds. The number of nitrogens with zero attached hydrogens (tertiary/aromatic N) is 1. The second-order valence-corrected chi connectivity index (χ2v) is 6.42. The van der Waals surface area contributed by atoms with E-state index in [9.17, 15) is 14.7 Å². The predicted octanol–water partition coefficient (Wildman–Crippen LogP) is -0.241. The first-order valence-corrected chi connectivity index (χ1v) is 7.19. The molecule has 2 aliphatic rings. The standard InChI is InChI=1S/C14H24N2O4/c1-4-20-12(18)13(2,3)8-16-9-14(19)7-15-6-5-10(14)11(16)17/h10,15,19H,4-9H2,1-3H3/t10-,14-/m1/s1. The third-order valence-electron chi connectivity index (χ3n) is 4.18. The summed E-state index contributed by atoms with van der Waals surface area (Å²) >= 11 is 0. The highest BCUT2D eigenvalue weighted by molar-refractivity contribution is 5.84. The van der Waals surface area contributed by atoms with Crippen molar-refractivity contribution in [1.29, 1.82) is 0 Å². The Morgan fingerprint density at radius 3 is 2.90 bits per heavy atom. The lowest BCUT2D eigenvalue weighted by molar-refractivity contribution is -0.155. The smallest absolute Gasteiger partial charge is 0.313 e. The number of piperidine rings is 1. The van der Waals surface area contributed by atoms with Gasteiger partial charge in [-0.05, 0) is 33.7 Å². The molecule has 2 fully saturated rings. The Kier molecular flexibility index (Phi) is 4.07. The molecule has 0 radical (unpaired) electrons. The van der Waals surface area contributed by atoms with E-state index in [1.54, 1.807) is 25.7 Å². The number of carbonyl (C=O) groups is 2. The van der Waals surface area contributed by atoms with E-state index in [1.165, 1.54) is 0 Å². The van der Waals surface area contributed by atoms with Gasteiger partial charge in [-0.25, -0.2) is 0 Å². The third kappa shape index (κ3) is 2.67. The summed E-state index contributed by atoms with van der Waals surface area (Å²) in [5.74, 6) is -0.707. The van der Waals surface area contributed by atoms with Gasteiger partial charge in [-0.1, -0.05) is 0 Å². The molecule has 6 heteroatoms. The maximum Gasteiger partial charge on any atom is 0.313 e. The SMILES string of the molecule is CCOC(=O)C(C)(C)CN1C[C@]2(O)CNCC[C@@H]2C1=O. The Morgan fingerprint density at radius 2 is 2.30 bits per heavy atom. The molecule has 6 nitrogen and oxygen atoms in total. The number of rotatable bonds is 4. The minimum atomic E-state index is -1.000. The molecule has 20 heavy (non-hydrogen) atoms. The molecule has 0 aliphatic carbocycles. The highest BCUT2D eigenvalue weighted by atomic mass is 16.5. The largest absolute Gasteiger partial charge is 0.466 e. The first-order valence-electron chi connectivity index (χ1n) is 7.19. The molecule has 2 heterocycles. The van der Waals surface area contributed by atoms with Crippen LogP contribution in [0.3, 0.4) is 0 Å². The molecule has 0 aromatic rings. The van der Waals surface area contributed by atoms with Gasteiger partial charge in [0, 0.05) is 13.1 Å². The number of ether oxygens (including phenoxy) is 1. The fraction of sp³-hybridized carbons (Fsp3) is 0.857. The summed E-state index contributed by atoms with van der Waals surface area (Å²) in [4.78, 5) is 25.9. The van der Waals surface area contributed by atoms with Crippen LogP contribution >= 0.6 is 0 Å². The number of amides is 1. The normalized spacial score (nSPS) is 30.3. The van der Waals surface area contributed by atoms with E-state index in [0.717, 1.165) is 6.54 Å². The first-order chi connectivity index (χ1) is 9.30. The number of β-amino-alcohol motifs (C(OH)–C–C–N with tert-alkyl or cyclic N) is 1. The van der Waals surface area contributed by atoms with Gasteiger partial charge >= 0.3 is 5.97 Å². The van der Waals surface area contributed by atoms with Gasteiger partial charge in [0.05, 0.1) is 24.5 Å². The summed E-state index contributed by atoms with van der Waals surface area (Å²) in [6.07, 6.45) is 0.645. The fourth-order valence-electron chi connectivity index (χ4n) is 3.09. The van der Waals surface area contributed by atoms with Crippen LogP contribution in [0.1, 0.15) is 27.2 Å². The van der Waals surface area contributed by atoms with Crippen molar-refractivity contribution in [3.63, 3.8) is 0 Å². The molecule has 2 aliphatic heterocycles. The second kappa shape index (κ2) is 5.33. The zero-order valence-electron chi connectivity index (χ0n) is 12.4. The molecule has 0 aromatic heterocycles. The van der Waals surface area contributed by atoms with E-state index in [4.69, 9.17) is 4.74 Å². The van der Waals surface area contributed by atoms with Gasteiger partial charge in [0.25, 0.3) is 0 Å². The van der Waals surface area contributed by atoms with Crippen molar-refractivity contribution in [3.05, 3.63) is 0 Å². The van der Waals surface area contributed by atoms with Crippen LogP contribution in [0.2, 0.25) is 0 Å². The van der Waals surface area contributed by atoms with Crippen LogP contribution in [-0.4, -0.2) is 60.3 Å². The van der Waals surface area contributed by atoms with Crippen LogP contribution in [0, 0.1) is 11.3 Å². The molecule has 0 saturated carbocycles. The highest BCUT2D eigenvalue weighted by Crippen LogP contribution is 2.35. The molecule has 0 spiro atoms. The maximum atomic E-state index is 12.4. The van der Waals surface area contributed by atoms with E-state index >= 15 is 0 Å². The van der Waals surface area contributed by atoms with Crippen LogP contribution in [0.4, 0.5) is 0 Å². The minimum absolute atomic E-state index is 0.0497. The molecule has 0 aromatic carbocycles. The lowest BCUT2D eigenvalue weighted by Gasteiger charge is -2.32. The molecule has 2 saturated heterocycles. The average Bonchev–Trinajstić information content (AvgIpc) is 2.61. The van der Waals surface area contributed by atoms with Crippen LogP contribution in [-0.2, 0) is 14.3 Å². The zero-order chi connectivity index (χ0) is 15.0. The van der Waals surface area contributed by atoms with Gasteiger partial charge in [-0.2, -0.15) is 0 Å². The van der Waals surface area contributed by atoms with Gasteiger partial charge in [-0.3, -0.25) is 9.59 Å². The number of esters is 1. The lowest BCUT2D eigenvalue weighted by Crippen LogP contribution is -2.52. The van der Waals surface area contributed by atoms with Crippen LogP contribution < -0.4 is 5.32 Å². The number of hydrogen-bond acceptors (Lipinski definition) is 5. The number of aliphatic hydroxyl groups is 1. The Labute approximate surface area is 119 Å². The molecule has 114 valence electrons. The lowest BCUT2D eigenvalue weighted by atomic mass is 9.85. The Bertz CT molecular complexity index is 410. The van der Waals surface area contributed by atoms with Crippen molar-refractivity contribution in [1.82, 2.24) is 10.2 Å². The van der Waals surface area contributed by atoms with E-state index in [-0.39, 0.29) is 30.9 Å². The van der Waals surface area contributed by atoms with E-state index in [0.29, 0.717) is 19.6 Å². The van der Waals surface area contributed by atoms with Crippen molar-refractivity contribution in [2.45, 2.75) is 32.8 Å². The number of nitrogens with one attached hydrogen (secondary N) is 1. The molecule has 2 N–H and O–H groups in total. The van der Waals surface area contributed by atoms with E-state index in [2.05, 4.69) is 5.32 Å². The predicted molar refractivity (Wildman–Crippen MR) is 72.9 cm³/mol. The van der Waals surface area contributed by atoms with E-state index in [1.807, 2.05) is 0 Å². The summed E-state index contributed by atoms with van der Waals surface area (Å²) in [6, 6.07) is 0. The van der Waals surface area contributed by atoms with Gasteiger partial charge in [0.15, 0.2) is 0 Å². The van der Waals surface area contributed by atoms with Crippen molar-refractivity contribution < 1.29 is 19.4 Å². The average molecular weight is 284 g/mol. The zero-order valence-corrected chi connectivity index (χ0v) is 12.4. The summed E-state index contributed by atoms with van der Waals surface area (Å²) in [7, 11) is 0. The summed E-state index contributed by atoms with van der Waals surface area (Å²) < 4.78 is 5.04. The molecule has 2 atom stereocenters. The molecular weight excluding hydrogens is 260 g/mol. The van der Waals surface area contributed by atoms with Crippen LogP contribution in [0.5, 0.6) is 0 Å². The van der Waals surface area contributed by atoms with Crippen molar-refractivity contribution >= 4 is 11.9 Å². The first kappa shape index (κ1) is 15.3. The van der Waals surface area contributed by atoms with E-state index < -0.39 is 11.0 Å². The number of fused-ring (bicyclic) bond motifs is 1. The topological polar surface area (TPSA) is 78.9 Å². The number of likely N-dealkylation sites (tertiary alicyclic amines) is 1. The monoisotopic (exact) mass is 284 g/mol. The molecule has 0 unspecified atom stereocenters. The Balaban J connectivity index is 2.07. The number of carbonyl (C=O) groups excluding carboxylic acids is 2. The van der Waals surface area contributed by atoms with Crippen molar-refractivity contribution in [3.8, 4) is 0 Å². The second-order valence-electron chi connectivity index (χ2n) is 6.42. The van der Waals surface area contributed by atoms with Gasteiger partial charge in [-0.15, -0.1) is 0 Å². The van der Waals surface area contributed by atoms with Crippen molar-refractivity contribution in [2.75, 3.05) is 32.8 Å². The number of hydrogen-bond donors (Lipinski definition) is 2. The van der Waals surface area contributed by atoms with Gasteiger partial charge in [0.1, 0.15) is 5.60 Å². The van der Waals surface area contributed by atoms with Gasteiger partial charge in [0.2, 0.25) is 5.91 Å². The van der Waals surface area contributed by atoms with Crippen LogP contribution in [0.15, 0.2) is 0 Å². The van der Waals surface area contributed by atoms with Crippen LogP contribution in [0.25, 0.3) is 0 Å². The summed E-state index contributed by atoms with van der Waals surface area (Å²) in [5.41, 5.74) is -1.76.